The molecule has 1 unspecified atom stereocenters. The molecule has 0 radical (unpaired) electrons. The van der Waals surface area contributed by atoms with Gasteiger partial charge >= 0.3 is 12.1 Å². The van der Waals surface area contributed by atoms with E-state index < -0.39 is 18.2 Å². The molecule has 2 aromatic carbocycles. The lowest BCUT2D eigenvalue weighted by molar-refractivity contribution is -0.153. The summed E-state index contributed by atoms with van der Waals surface area (Å²) in [7, 11) is 0. The summed E-state index contributed by atoms with van der Waals surface area (Å²) in [4.78, 5) is 23.7. The van der Waals surface area contributed by atoms with Crippen LogP contribution in [0.3, 0.4) is 0 Å². The van der Waals surface area contributed by atoms with Crippen molar-refractivity contribution < 1.29 is 28.9 Å². The molecule has 2 aromatic rings. The van der Waals surface area contributed by atoms with Crippen LogP contribution in [0.1, 0.15) is 31.9 Å². The molecule has 0 saturated carbocycles. The van der Waals surface area contributed by atoms with E-state index in [4.69, 9.17) is 25.8 Å². The minimum atomic E-state index is -1.05. The van der Waals surface area contributed by atoms with Gasteiger partial charge in [-0.15, -0.1) is 0 Å². The molecule has 0 bridgehead atoms. The van der Waals surface area contributed by atoms with Crippen molar-refractivity contribution >= 4 is 29.4 Å². The zero-order valence-electron chi connectivity index (χ0n) is 17.2. The predicted octanol–water partition coefficient (Wildman–Crippen LogP) is 4.91. The molecule has 30 heavy (non-hydrogen) atoms. The fourth-order valence-electron chi connectivity index (χ4n) is 2.69. The van der Waals surface area contributed by atoms with Crippen LogP contribution in [0.15, 0.2) is 42.5 Å². The number of carbonyl (C=O) groups is 2. The number of carboxylic acids is 1. The van der Waals surface area contributed by atoms with Crippen LogP contribution in [0.4, 0.5) is 10.5 Å². The number of nitrogens with one attached hydrogen (secondary N) is 1. The molecule has 0 heterocycles. The molecule has 1 amide bonds. The van der Waals surface area contributed by atoms with Gasteiger partial charge in [0.1, 0.15) is 12.4 Å². The Morgan fingerprint density at radius 3 is 2.37 bits per heavy atom. The Bertz CT molecular complexity index is 853. The first-order valence-electron chi connectivity index (χ1n) is 9.60. The van der Waals surface area contributed by atoms with Gasteiger partial charge in [0.05, 0.1) is 18.4 Å². The number of benzene rings is 2. The number of carboxylic acid groups (broad SMARTS) is 1. The predicted molar refractivity (Wildman–Crippen MR) is 114 cm³/mol. The molecule has 0 aromatic heterocycles. The molecule has 0 aliphatic heterocycles. The van der Waals surface area contributed by atoms with Crippen molar-refractivity contribution in [3.8, 4) is 5.75 Å². The number of hydrogen-bond donors (Lipinski definition) is 2. The first-order chi connectivity index (χ1) is 14.3. The minimum absolute atomic E-state index is 0.0793. The van der Waals surface area contributed by atoms with Crippen molar-refractivity contribution in [3.05, 3.63) is 58.6 Å². The second kappa shape index (κ2) is 11.4. The first-order valence-corrected chi connectivity index (χ1v) is 9.98. The monoisotopic (exact) mass is 435 g/mol. The number of rotatable bonds is 10. The van der Waals surface area contributed by atoms with E-state index in [0.717, 1.165) is 5.56 Å². The number of ether oxygens (including phenoxy) is 3. The van der Waals surface area contributed by atoms with Gasteiger partial charge in [-0.1, -0.05) is 29.8 Å². The highest BCUT2D eigenvalue weighted by atomic mass is 35.5. The maximum Gasteiger partial charge on any atom is 0.412 e. The van der Waals surface area contributed by atoms with Crippen LogP contribution in [0.5, 0.6) is 5.75 Å². The highest BCUT2D eigenvalue weighted by molar-refractivity contribution is 6.30. The summed E-state index contributed by atoms with van der Waals surface area (Å²) >= 11 is 5.85. The van der Waals surface area contributed by atoms with E-state index in [2.05, 4.69) is 5.32 Å². The summed E-state index contributed by atoms with van der Waals surface area (Å²) in [6.45, 7) is 5.86. The second-order valence-electron chi connectivity index (χ2n) is 6.81. The average molecular weight is 436 g/mol. The average Bonchev–Trinajstić information content (AvgIpc) is 2.68. The van der Waals surface area contributed by atoms with E-state index in [1.807, 2.05) is 6.92 Å². The van der Waals surface area contributed by atoms with Crippen LogP contribution >= 0.6 is 11.6 Å². The van der Waals surface area contributed by atoms with Gasteiger partial charge in [0, 0.05) is 11.4 Å². The van der Waals surface area contributed by atoms with E-state index in [1.165, 1.54) is 0 Å². The number of halogens is 1. The van der Waals surface area contributed by atoms with Crippen molar-refractivity contribution in [2.75, 3.05) is 11.9 Å². The summed E-state index contributed by atoms with van der Waals surface area (Å²) in [5, 5.41) is 12.6. The lowest BCUT2D eigenvalue weighted by atomic mass is 10.1. The Morgan fingerprint density at radius 1 is 1.10 bits per heavy atom. The fraction of sp³-hybridized carbons (Fsp3) is 0.364. The van der Waals surface area contributed by atoms with Gasteiger partial charge in [-0.25, -0.2) is 9.59 Å². The van der Waals surface area contributed by atoms with Crippen LogP contribution < -0.4 is 10.1 Å². The zero-order chi connectivity index (χ0) is 22.1. The zero-order valence-corrected chi connectivity index (χ0v) is 17.9. The first kappa shape index (κ1) is 23.5. The molecule has 2 rings (SSSR count). The quantitative estimate of drug-likeness (QED) is 0.550. The van der Waals surface area contributed by atoms with E-state index in [-0.39, 0.29) is 19.1 Å². The van der Waals surface area contributed by atoms with E-state index in [9.17, 15) is 14.7 Å². The molecule has 7 nitrogen and oxygen atoms in total. The smallest absolute Gasteiger partial charge is 0.412 e. The Balaban J connectivity index is 2.09. The van der Waals surface area contributed by atoms with E-state index in [0.29, 0.717) is 28.6 Å². The van der Waals surface area contributed by atoms with Crippen molar-refractivity contribution in [1.29, 1.82) is 0 Å². The van der Waals surface area contributed by atoms with Gasteiger partial charge in [-0.05, 0) is 56.2 Å². The van der Waals surface area contributed by atoms with Gasteiger partial charge < -0.3 is 19.3 Å². The minimum Gasteiger partial charge on any atom is -0.492 e. The van der Waals surface area contributed by atoms with Crippen molar-refractivity contribution in [1.82, 2.24) is 0 Å². The van der Waals surface area contributed by atoms with Gasteiger partial charge in [-0.2, -0.15) is 0 Å². The van der Waals surface area contributed by atoms with Gasteiger partial charge in [-0.3, -0.25) is 5.32 Å². The maximum absolute atomic E-state index is 12.3. The van der Waals surface area contributed by atoms with Crippen LogP contribution in [-0.4, -0.2) is 36.0 Å². The van der Waals surface area contributed by atoms with Crippen LogP contribution in [0.25, 0.3) is 0 Å². The van der Waals surface area contributed by atoms with Crippen LogP contribution in [0.2, 0.25) is 5.02 Å². The highest BCUT2D eigenvalue weighted by Crippen LogP contribution is 2.27. The van der Waals surface area contributed by atoms with Gasteiger partial charge in [0.2, 0.25) is 0 Å². The summed E-state index contributed by atoms with van der Waals surface area (Å²) in [6.07, 6.45) is -1.73. The third-order valence-corrected chi connectivity index (χ3v) is 4.25. The molecule has 0 saturated heterocycles. The largest absolute Gasteiger partial charge is 0.492 e. The summed E-state index contributed by atoms with van der Waals surface area (Å²) in [5.41, 5.74) is 1.87. The molecule has 0 spiro atoms. The number of amides is 1. The molecule has 0 fully saturated rings. The third-order valence-electron chi connectivity index (χ3n) is 4.00. The van der Waals surface area contributed by atoms with Gasteiger partial charge in [0.15, 0.2) is 6.10 Å². The lowest BCUT2D eigenvalue weighted by Gasteiger charge is -2.18. The number of anilines is 1. The van der Waals surface area contributed by atoms with Crippen molar-refractivity contribution in [2.45, 2.75) is 46.0 Å². The Kier molecular flexibility index (Phi) is 8.95. The Morgan fingerprint density at radius 2 is 1.77 bits per heavy atom. The highest BCUT2D eigenvalue weighted by Gasteiger charge is 2.21. The Hall–Kier alpha value is -2.77. The summed E-state index contributed by atoms with van der Waals surface area (Å²) < 4.78 is 16.3. The van der Waals surface area contributed by atoms with Gasteiger partial charge in [0.25, 0.3) is 0 Å². The third kappa shape index (κ3) is 7.57. The molecule has 1 atom stereocenters. The second-order valence-corrected chi connectivity index (χ2v) is 7.24. The molecular formula is C22H26ClNO6. The summed E-state index contributed by atoms with van der Waals surface area (Å²) in [5.74, 6) is -0.587. The van der Waals surface area contributed by atoms with Crippen molar-refractivity contribution in [2.24, 2.45) is 0 Å². The van der Waals surface area contributed by atoms with E-state index in [1.54, 1.807) is 56.3 Å². The standard InChI is InChI=1S/C22H26ClNO6/c1-4-28-19-10-7-16(12-20(21(25)26)30-14(2)3)11-18(19)24-22(27)29-13-15-5-8-17(23)9-6-15/h5-11,14,20H,4,12-13H2,1-3H3,(H,24,27)(H,25,26). The number of carbonyl (C=O) groups excluding carboxylic acids is 1. The fourth-order valence-corrected chi connectivity index (χ4v) is 2.82. The summed E-state index contributed by atoms with van der Waals surface area (Å²) in [6, 6.07) is 12.1. The SMILES string of the molecule is CCOc1ccc(CC(OC(C)C)C(=O)O)cc1NC(=O)OCc1ccc(Cl)cc1. The molecule has 0 aliphatic rings. The molecular weight excluding hydrogens is 410 g/mol. The van der Waals surface area contributed by atoms with E-state index >= 15 is 0 Å². The van der Waals surface area contributed by atoms with Crippen LogP contribution in [0, 0.1) is 0 Å². The molecule has 0 aliphatic carbocycles. The van der Waals surface area contributed by atoms with Crippen molar-refractivity contribution in [3.63, 3.8) is 0 Å². The lowest BCUT2D eigenvalue weighted by Crippen LogP contribution is -2.29. The Labute approximate surface area is 180 Å². The molecule has 162 valence electrons. The van der Waals surface area contributed by atoms with Crippen LogP contribution in [-0.2, 0) is 27.3 Å². The number of hydrogen-bond acceptors (Lipinski definition) is 5. The molecule has 2 N–H and O–H groups in total. The normalized spacial score (nSPS) is 11.8. The maximum atomic E-state index is 12.3. The topological polar surface area (TPSA) is 94.1 Å². The molecule has 8 heteroatoms. The number of aliphatic carboxylic acids is 1.